The minimum atomic E-state index is -1.22. The second-order valence-electron chi connectivity index (χ2n) is 7.21. The van der Waals surface area contributed by atoms with Crippen LogP contribution < -0.4 is 16.3 Å². The van der Waals surface area contributed by atoms with Gasteiger partial charge in [0, 0.05) is 37.5 Å². The topological polar surface area (TPSA) is 117 Å². The molecule has 0 aliphatic carbocycles. The van der Waals surface area contributed by atoms with E-state index in [-0.39, 0.29) is 12.0 Å². The highest BCUT2D eigenvalue weighted by Crippen LogP contribution is 2.31. The lowest BCUT2D eigenvalue weighted by Gasteiger charge is -2.21. The second kappa shape index (κ2) is 8.62. The Hall–Kier alpha value is -3.92. The molecule has 2 N–H and O–H groups in total. The quantitative estimate of drug-likeness (QED) is 0.479. The molecule has 2 atom stereocenters. The minimum Gasteiger partial charge on any atom is -0.422 e. The summed E-state index contributed by atoms with van der Waals surface area (Å²) in [7, 11) is 3.77. The van der Waals surface area contributed by atoms with Crippen molar-refractivity contribution in [2.24, 2.45) is 11.7 Å². The van der Waals surface area contributed by atoms with E-state index in [0.717, 1.165) is 5.69 Å². The van der Waals surface area contributed by atoms with Crippen LogP contribution in [0.5, 0.6) is 0 Å². The van der Waals surface area contributed by atoms with Gasteiger partial charge in [-0.1, -0.05) is 30.3 Å². The molecular weight excluding hydrogens is 382 g/mol. The normalized spacial score (nSPS) is 12.7. The summed E-state index contributed by atoms with van der Waals surface area (Å²) in [6, 6.07) is 17.4. The van der Waals surface area contributed by atoms with Gasteiger partial charge in [0.1, 0.15) is 17.1 Å². The Balaban J connectivity index is 1.99. The molecule has 3 rings (SSSR count). The van der Waals surface area contributed by atoms with E-state index in [9.17, 15) is 19.6 Å². The zero-order chi connectivity index (χ0) is 21.8. The number of para-hydroxylation sites is 1. The van der Waals surface area contributed by atoms with Crippen LogP contribution in [0.25, 0.3) is 11.0 Å². The van der Waals surface area contributed by atoms with Gasteiger partial charge < -0.3 is 15.1 Å². The fourth-order valence-electron chi connectivity index (χ4n) is 3.37. The van der Waals surface area contributed by atoms with Gasteiger partial charge in [-0.3, -0.25) is 9.59 Å². The van der Waals surface area contributed by atoms with Gasteiger partial charge in [0.2, 0.25) is 5.91 Å². The number of benzene rings is 2. The van der Waals surface area contributed by atoms with Gasteiger partial charge in [-0.2, -0.15) is 5.26 Å². The van der Waals surface area contributed by atoms with E-state index in [1.54, 1.807) is 36.4 Å². The van der Waals surface area contributed by atoms with Crippen molar-refractivity contribution < 1.29 is 14.0 Å². The Morgan fingerprint density at radius 3 is 2.40 bits per heavy atom. The first-order chi connectivity index (χ1) is 14.3. The maximum absolute atomic E-state index is 13.0. The van der Waals surface area contributed by atoms with Crippen molar-refractivity contribution in [2.45, 2.75) is 12.3 Å². The maximum atomic E-state index is 13.0. The van der Waals surface area contributed by atoms with E-state index >= 15 is 0 Å². The standard InChI is InChI=1S/C23H21N3O4/c1-26(2)16-9-7-14(8-10-16)17(19(13-24)22(25)28)12-20(27)18-11-15-5-3-4-6-21(15)30-23(18)29/h3-11,17,19H,12H2,1-2H3,(H2,25,28). The van der Waals surface area contributed by atoms with Gasteiger partial charge in [0.05, 0.1) is 6.07 Å². The lowest BCUT2D eigenvalue weighted by Crippen LogP contribution is -2.30. The number of anilines is 1. The van der Waals surface area contributed by atoms with Crippen LogP contribution in [0.1, 0.15) is 28.3 Å². The number of ketones is 1. The number of Topliss-reactive ketones (excluding diaryl/α,β-unsaturated/α-hetero) is 1. The Bertz CT molecular complexity index is 1190. The number of hydrogen-bond donors (Lipinski definition) is 1. The molecule has 0 aliphatic rings. The Morgan fingerprint density at radius 1 is 1.13 bits per heavy atom. The lowest BCUT2D eigenvalue weighted by molar-refractivity contribution is -0.120. The van der Waals surface area contributed by atoms with Gasteiger partial charge in [0.25, 0.3) is 0 Å². The molecular formula is C23H21N3O4. The highest BCUT2D eigenvalue weighted by Gasteiger charge is 2.31. The Kier molecular flexibility index (Phi) is 5.98. The zero-order valence-corrected chi connectivity index (χ0v) is 16.7. The number of carbonyl (C=O) groups is 2. The average Bonchev–Trinajstić information content (AvgIpc) is 2.72. The van der Waals surface area contributed by atoms with E-state index in [1.165, 1.54) is 6.07 Å². The summed E-state index contributed by atoms with van der Waals surface area (Å²) in [6.45, 7) is 0. The molecule has 2 unspecified atom stereocenters. The third-order valence-electron chi connectivity index (χ3n) is 5.03. The fraction of sp³-hybridized carbons (Fsp3) is 0.217. The first-order valence-corrected chi connectivity index (χ1v) is 9.34. The van der Waals surface area contributed by atoms with E-state index in [4.69, 9.17) is 10.2 Å². The molecule has 7 heteroatoms. The molecule has 3 aromatic rings. The molecule has 7 nitrogen and oxygen atoms in total. The predicted molar refractivity (Wildman–Crippen MR) is 113 cm³/mol. The van der Waals surface area contributed by atoms with E-state index in [1.807, 2.05) is 37.2 Å². The Morgan fingerprint density at radius 2 is 1.80 bits per heavy atom. The van der Waals surface area contributed by atoms with Gasteiger partial charge >= 0.3 is 5.63 Å². The molecule has 0 spiro atoms. The van der Waals surface area contributed by atoms with E-state index in [2.05, 4.69) is 0 Å². The molecule has 1 amide bonds. The number of hydrogen-bond acceptors (Lipinski definition) is 6. The van der Waals surface area contributed by atoms with Crippen molar-refractivity contribution in [3.8, 4) is 6.07 Å². The molecule has 0 saturated heterocycles. The summed E-state index contributed by atoms with van der Waals surface area (Å²) in [5.41, 5.74) is 6.46. The largest absolute Gasteiger partial charge is 0.422 e. The average molecular weight is 403 g/mol. The monoisotopic (exact) mass is 403 g/mol. The summed E-state index contributed by atoms with van der Waals surface area (Å²) < 4.78 is 5.24. The van der Waals surface area contributed by atoms with E-state index in [0.29, 0.717) is 16.5 Å². The van der Waals surface area contributed by atoms with E-state index < -0.39 is 29.2 Å². The number of fused-ring (bicyclic) bond motifs is 1. The Labute approximate surface area is 173 Å². The first-order valence-electron chi connectivity index (χ1n) is 9.34. The van der Waals surface area contributed by atoms with Gasteiger partial charge in [-0.25, -0.2) is 4.79 Å². The first kappa shape index (κ1) is 20.8. The van der Waals surface area contributed by atoms with Crippen molar-refractivity contribution in [3.63, 3.8) is 0 Å². The number of nitriles is 1. The summed E-state index contributed by atoms with van der Waals surface area (Å²) in [4.78, 5) is 39.1. The fourth-order valence-corrected chi connectivity index (χ4v) is 3.37. The van der Waals surface area contributed by atoms with Crippen LogP contribution in [-0.2, 0) is 4.79 Å². The van der Waals surface area contributed by atoms with Crippen LogP contribution in [0, 0.1) is 17.2 Å². The number of nitrogens with two attached hydrogens (primary N) is 1. The molecule has 30 heavy (non-hydrogen) atoms. The van der Waals surface area contributed by atoms with Crippen LogP contribution in [0.4, 0.5) is 5.69 Å². The molecule has 152 valence electrons. The molecule has 0 bridgehead atoms. The molecule has 0 aliphatic heterocycles. The van der Waals surface area contributed by atoms with Crippen LogP contribution >= 0.6 is 0 Å². The molecule has 0 saturated carbocycles. The van der Waals surface area contributed by atoms with Crippen molar-refractivity contribution in [2.75, 3.05) is 19.0 Å². The van der Waals surface area contributed by atoms with Gasteiger partial charge in [-0.05, 0) is 29.8 Å². The molecule has 0 radical (unpaired) electrons. The van der Waals surface area contributed by atoms with Crippen molar-refractivity contribution >= 4 is 28.3 Å². The second-order valence-corrected chi connectivity index (χ2v) is 7.21. The SMILES string of the molecule is CN(C)c1ccc(C(CC(=O)c2cc3ccccc3oc2=O)C(C#N)C(N)=O)cc1. The summed E-state index contributed by atoms with van der Waals surface area (Å²) in [5.74, 6) is -3.34. The highest BCUT2D eigenvalue weighted by atomic mass is 16.4. The molecule has 2 aromatic carbocycles. The lowest BCUT2D eigenvalue weighted by atomic mass is 9.81. The van der Waals surface area contributed by atoms with Crippen molar-refractivity contribution in [1.29, 1.82) is 5.26 Å². The molecule has 1 aromatic heterocycles. The maximum Gasteiger partial charge on any atom is 0.347 e. The smallest absolute Gasteiger partial charge is 0.347 e. The molecule has 0 fully saturated rings. The summed E-state index contributed by atoms with van der Waals surface area (Å²) in [6.07, 6.45) is -0.231. The van der Waals surface area contributed by atoms with Crippen molar-refractivity contribution in [1.82, 2.24) is 0 Å². The zero-order valence-electron chi connectivity index (χ0n) is 16.7. The van der Waals surface area contributed by atoms with Crippen LogP contribution in [-0.4, -0.2) is 25.8 Å². The third kappa shape index (κ3) is 4.23. The highest BCUT2D eigenvalue weighted by molar-refractivity contribution is 5.99. The van der Waals surface area contributed by atoms with Crippen LogP contribution in [0.3, 0.4) is 0 Å². The third-order valence-corrected chi connectivity index (χ3v) is 5.03. The number of amides is 1. The number of rotatable bonds is 7. The van der Waals surface area contributed by atoms with Gasteiger partial charge in [-0.15, -0.1) is 0 Å². The number of carbonyl (C=O) groups excluding carboxylic acids is 2. The molecule has 1 heterocycles. The summed E-state index contributed by atoms with van der Waals surface area (Å²) >= 11 is 0. The summed E-state index contributed by atoms with van der Waals surface area (Å²) in [5, 5.41) is 10.1. The number of nitrogens with zero attached hydrogens (tertiary/aromatic N) is 2. The van der Waals surface area contributed by atoms with Crippen LogP contribution in [0.2, 0.25) is 0 Å². The van der Waals surface area contributed by atoms with Crippen LogP contribution in [0.15, 0.2) is 63.8 Å². The van der Waals surface area contributed by atoms with Gasteiger partial charge in [0.15, 0.2) is 5.78 Å². The minimum absolute atomic E-state index is 0.121. The predicted octanol–water partition coefficient (Wildman–Crippen LogP) is 2.84. The van der Waals surface area contributed by atoms with Crippen molar-refractivity contribution in [3.05, 3.63) is 76.1 Å². The number of primary amides is 1.